The van der Waals surface area contributed by atoms with Gasteiger partial charge in [-0.05, 0) is 23.3 Å². The van der Waals surface area contributed by atoms with Gasteiger partial charge in [0.15, 0.2) is 0 Å². The van der Waals surface area contributed by atoms with Crippen molar-refractivity contribution in [3.05, 3.63) is 140 Å². The minimum atomic E-state index is -0.176. The second-order valence-corrected chi connectivity index (χ2v) is 9.02. The van der Waals surface area contributed by atoms with Crippen LogP contribution in [0.25, 0.3) is 0 Å². The third-order valence-corrected chi connectivity index (χ3v) is 6.58. The van der Waals surface area contributed by atoms with Gasteiger partial charge in [0.2, 0.25) is 0 Å². The van der Waals surface area contributed by atoms with Crippen molar-refractivity contribution in [2.24, 2.45) is 9.98 Å². The molecule has 4 rings (SSSR count). The first-order chi connectivity index (χ1) is 15.7. The van der Waals surface area contributed by atoms with E-state index in [1.807, 2.05) is 61.0 Å². The molecule has 158 valence electrons. The second-order valence-electron chi connectivity index (χ2n) is 7.31. The summed E-state index contributed by atoms with van der Waals surface area (Å²) < 4.78 is 2.03. The minimum Gasteiger partial charge on any atom is -0.282 e. The smallest absolute Gasteiger partial charge is 0.101 e. The number of aliphatic imine (C=N–C) groups is 2. The second kappa shape index (κ2) is 11.2. The zero-order valence-corrected chi connectivity index (χ0v) is 20.5. The molecule has 0 aliphatic rings. The van der Waals surface area contributed by atoms with Gasteiger partial charge in [-0.25, -0.2) is 0 Å². The Morgan fingerprint density at radius 2 is 0.812 bits per heavy atom. The molecular weight excluding hydrogens is 524 g/mol. The molecule has 2 nitrogen and oxygen atoms in total. The Balaban J connectivity index is 1.79. The van der Waals surface area contributed by atoms with Crippen molar-refractivity contribution in [2.75, 3.05) is 0 Å². The molecule has 2 atom stereocenters. The van der Waals surface area contributed by atoms with Crippen molar-refractivity contribution in [1.82, 2.24) is 0 Å². The third kappa shape index (κ3) is 5.70. The Morgan fingerprint density at radius 1 is 0.469 bits per heavy atom. The van der Waals surface area contributed by atoms with Gasteiger partial charge < -0.3 is 0 Å². The predicted molar refractivity (Wildman–Crippen MR) is 142 cm³/mol. The summed E-state index contributed by atoms with van der Waals surface area (Å²) in [5.41, 5.74) is 4.31. The molecule has 0 unspecified atom stereocenters. The zero-order valence-electron chi connectivity index (χ0n) is 17.4. The summed E-state index contributed by atoms with van der Waals surface area (Å²) in [6.45, 7) is 0. The third-order valence-electron chi connectivity index (χ3n) is 5.14. The molecular formula is C28H22Br2N2. The van der Waals surface area contributed by atoms with Gasteiger partial charge in [0.25, 0.3) is 0 Å². The van der Waals surface area contributed by atoms with Gasteiger partial charge in [-0.1, -0.05) is 129 Å². The van der Waals surface area contributed by atoms with E-state index in [0.29, 0.717) is 0 Å². The summed E-state index contributed by atoms with van der Waals surface area (Å²) in [5, 5.41) is 0. The van der Waals surface area contributed by atoms with E-state index >= 15 is 0 Å². The fourth-order valence-electron chi connectivity index (χ4n) is 3.48. The number of nitrogens with zero attached hydrogens (tertiary/aromatic N) is 2. The average molecular weight is 546 g/mol. The van der Waals surface area contributed by atoms with Crippen LogP contribution >= 0.6 is 31.9 Å². The molecule has 0 saturated heterocycles. The molecule has 32 heavy (non-hydrogen) atoms. The summed E-state index contributed by atoms with van der Waals surface area (Å²) in [5.74, 6) is 0. The highest BCUT2D eigenvalue weighted by molar-refractivity contribution is 9.10. The maximum absolute atomic E-state index is 5.06. The van der Waals surface area contributed by atoms with Gasteiger partial charge in [0.1, 0.15) is 12.1 Å². The molecule has 0 spiro atoms. The molecule has 0 aromatic heterocycles. The van der Waals surface area contributed by atoms with E-state index in [9.17, 15) is 0 Å². The lowest BCUT2D eigenvalue weighted by molar-refractivity contribution is 0.583. The number of benzene rings is 4. The van der Waals surface area contributed by atoms with E-state index in [2.05, 4.69) is 92.5 Å². The molecule has 0 aliphatic heterocycles. The van der Waals surface area contributed by atoms with Crippen LogP contribution < -0.4 is 0 Å². The van der Waals surface area contributed by atoms with Crippen molar-refractivity contribution in [1.29, 1.82) is 0 Å². The van der Waals surface area contributed by atoms with Crippen LogP contribution in [0.5, 0.6) is 0 Å². The maximum atomic E-state index is 5.06. The fraction of sp³-hybridized carbons (Fsp3) is 0.0714. The van der Waals surface area contributed by atoms with Crippen LogP contribution in [0.1, 0.15) is 34.3 Å². The molecule has 4 aromatic carbocycles. The Hall–Kier alpha value is -2.82. The summed E-state index contributed by atoms with van der Waals surface area (Å²) >= 11 is 7.26. The molecule has 4 aromatic rings. The molecule has 0 amide bonds. The van der Waals surface area contributed by atoms with E-state index < -0.39 is 0 Å². The van der Waals surface area contributed by atoms with Crippen molar-refractivity contribution >= 4 is 44.3 Å². The molecule has 0 saturated carbocycles. The van der Waals surface area contributed by atoms with Crippen LogP contribution in [0, 0.1) is 0 Å². The normalized spacial score (nSPS) is 13.4. The lowest BCUT2D eigenvalue weighted by Crippen LogP contribution is -2.09. The van der Waals surface area contributed by atoms with Crippen LogP contribution in [0.3, 0.4) is 0 Å². The standard InChI is InChI=1S/C28H22Br2N2/c29-25-17-9-7-15-23(25)19-31-27(21-11-3-1-4-12-21)28(22-13-5-2-6-14-22)32-20-24-16-8-10-18-26(24)30/h1-20,27-28H/t27-,28+. The summed E-state index contributed by atoms with van der Waals surface area (Å²) in [6.07, 6.45) is 3.87. The number of rotatable bonds is 7. The maximum Gasteiger partial charge on any atom is 0.101 e. The Morgan fingerprint density at radius 3 is 1.19 bits per heavy atom. The summed E-state index contributed by atoms with van der Waals surface area (Å²) in [4.78, 5) is 10.1. The Labute approximate surface area is 206 Å². The van der Waals surface area contributed by atoms with Crippen LogP contribution in [0.2, 0.25) is 0 Å². The van der Waals surface area contributed by atoms with Crippen molar-refractivity contribution in [3.63, 3.8) is 0 Å². The minimum absolute atomic E-state index is 0.176. The first-order valence-electron chi connectivity index (χ1n) is 10.4. The van der Waals surface area contributed by atoms with Crippen LogP contribution in [-0.4, -0.2) is 12.4 Å². The summed E-state index contributed by atoms with van der Waals surface area (Å²) in [6, 6.07) is 36.6. The highest BCUT2D eigenvalue weighted by Crippen LogP contribution is 2.36. The van der Waals surface area contributed by atoms with E-state index in [0.717, 1.165) is 31.2 Å². The SMILES string of the molecule is Brc1ccccc1C=N[C@H](c1ccccc1)[C@@H](N=Cc1ccccc1Br)c1ccccc1. The molecule has 0 N–H and O–H groups in total. The molecule has 0 heterocycles. The van der Waals surface area contributed by atoms with E-state index in [4.69, 9.17) is 9.98 Å². The molecule has 0 radical (unpaired) electrons. The highest BCUT2D eigenvalue weighted by atomic mass is 79.9. The molecule has 0 fully saturated rings. The van der Waals surface area contributed by atoms with Gasteiger partial charge in [-0.2, -0.15) is 0 Å². The van der Waals surface area contributed by atoms with Gasteiger partial charge >= 0.3 is 0 Å². The number of hydrogen-bond donors (Lipinski definition) is 0. The molecule has 4 heteroatoms. The van der Waals surface area contributed by atoms with E-state index in [1.54, 1.807) is 0 Å². The highest BCUT2D eigenvalue weighted by Gasteiger charge is 2.23. The quantitative estimate of drug-likeness (QED) is 0.209. The largest absolute Gasteiger partial charge is 0.282 e. The van der Waals surface area contributed by atoms with Crippen LogP contribution in [0.4, 0.5) is 0 Å². The van der Waals surface area contributed by atoms with Crippen molar-refractivity contribution < 1.29 is 0 Å². The lowest BCUT2D eigenvalue weighted by atomic mass is 9.94. The first-order valence-corrected chi connectivity index (χ1v) is 12.0. The monoisotopic (exact) mass is 544 g/mol. The average Bonchev–Trinajstić information content (AvgIpc) is 2.84. The van der Waals surface area contributed by atoms with Crippen molar-refractivity contribution in [3.8, 4) is 0 Å². The Kier molecular flexibility index (Phi) is 7.81. The van der Waals surface area contributed by atoms with Gasteiger partial charge in [0.05, 0.1) is 0 Å². The van der Waals surface area contributed by atoms with Crippen LogP contribution in [0.15, 0.2) is 128 Å². The van der Waals surface area contributed by atoms with Crippen molar-refractivity contribution in [2.45, 2.75) is 12.1 Å². The lowest BCUT2D eigenvalue weighted by Gasteiger charge is -2.22. The molecule has 0 aliphatic carbocycles. The molecule has 0 bridgehead atoms. The summed E-state index contributed by atoms with van der Waals surface area (Å²) in [7, 11) is 0. The fourth-order valence-corrected chi connectivity index (χ4v) is 4.26. The van der Waals surface area contributed by atoms with Gasteiger partial charge in [0, 0.05) is 32.5 Å². The number of halogens is 2. The van der Waals surface area contributed by atoms with Gasteiger partial charge in [-0.15, -0.1) is 0 Å². The van der Waals surface area contributed by atoms with E-state index in [1.165, 1.54) is 0 Å². The first kappa shape index (κ1) is 22.4. The van der Waals surface area contributed by atoms with E-state index in [-0.39, 0.29) is 12.1 Å². The topological polar surface area (TPSA) is 24.7 Å². The zero-order chi connectivity index (χ0) is 22.2. The van der Waals surface area contributed by atoms with Crippen LogP contribution in [-0.2, 0) is 0 Å². The number of hydrogen-bond acceptors (Lipinski definition) is 2. The Bertz CT molecular complexity index is 1110. The predicted octanol–water partition coefficient (Wildman–Crippen LogP) is 8.23. The van der Waals surface area contributed by atoms with Gasteiger partial charge in [-0.3, -0.25) is 9.98 Å².